The van der Waals surface area contributed by atoms with Crippen LogP contribution in [0.25, 0.3) is 11.1 Å². The third-order valence-corrected chi connectivity index (χ3v) is 6.63. The van der Waals surface area contributed by atoms with Gasteiger partial charge in [0, 0.05) is 12.3 Å². The van der Waals surface area contributed by atoms with Crippen LogP contribution < -0.4 is 10.6 Å². The minimum Gasteiger partial charge on any atom is -0.481 e. The second-order valence-electron chi connectivity index (χ2n) is 9.02. The predicted octanol–water partition coefficient (Wildman–Crippen LogP) is 4.36. The summed E-state index contributed by atoms with van der Waals surface area (Å²) in [5, 5.41) is 13.1. The Morgan fingerprint density at radius 3 is 2.09 bits per heavy atom. The van der Waals surface area contributed by atoms with Gasteiger partial charge in [0.05, 0.1) is 12.0 Å². The molecule has 4 rings (SSSR count). The van der Waals surface area contributed by atoms with Crippen molar-refractivity contribution in [1.82, 2.24) is 10.6 Å². The Kier molecular flexibility index (Phi) is 6.73. The largest absolute Gasteiger partial charge is 0.481 e. The number of carboxylic acid groups (broad SMARTS) is 1. The van der Waals surface area contributed by atoms with E-state index in [0.29, 0.717) is 19.3 Å². The van der Waals surface area contributed by atoms with Crippen LogP contribution in [0.2, 0.25) is 0 Å². The first-order valence-corrected chi connectivity index (χ1v) is 11.3. The first kappa shape index (κ1) is 24.6. The summed E-state index contributed by atoms with van der Waals surface area (Å²) in [6.07, 6.45) is -5.83. The van der Waals surface area contributed by atoms with Crippen LogP contribution in [-0.2, 0) is 14.3 Å². The van der Waals surface area contributed by atoms with Gasteiger partial charge in [0.25, 0.3) is 0 Å². The molecule has 7 nitrogen and oxygen atoms in total. The van der Waals surface area contributed by atoms with E-state index >= 15 is 0 Å². The highest BCUT2D eigenvalue weighted by Gasteiger charge is 2.45. The number of carbonyl (C=O) groups is 3. The highest BCUT2D eigenvalue weighted by molar-refractivity contribution is 5.81. The molecule has 1 atom stereocenters. The Balaban J connectivity index is 1.37. The molecule has 3 N–H and O–H groups in total. The third-order valence-electron chi connectivity index (χ3n) is 6.63. The van der Waals surface area contributed by atoms with E-state index in [0.717, 1.165) is 22.3 Å². The monoisotopic (exact) mass is 490 g/mol. The molecule has 0 spiro atoms. The van der Waals surface area contributed by atoms with Crippen LogP contribution in [0.3, 0.4) is 0 Å². The van der Waals surface area contributed by atoms with Crippen molar-refractivity contribution < 1.29 is 37.4 Å². The number of rotatable bonds is 8. The van der Waals surface area contributed by atoms with Gasteiger partial charge in [-0.3, -0.25) is 9.59 Å². The number of hydrogen-bond donors (Lipinski definition) is 3. The molecule has 0 aliphatic heterocycles. The number of alkyl halides is 3. The zero-order chi connectivity index (χ0) is 25.2. The van der Waals surface area contributed by atoms with E-state index in [1.54, 1.807) is 5.32 Å². The molecule has 35 heavy (non-hydrogen) atoms. The van der Waals surface area contributed by atoms with E-state index in [2.05, 4.69) is 5.32 Å². The number of alkyl carbamates (subject to hydrolysis) is 1. The van der Waals surface area contributed by atoms with Crippen molar-refractivity contribution in [3.8, 4) is 11.1 Å². The molecule has 1 unspecified atom stereocenters. The number of nitrogens with one attached hydrogen (secondary N) is 2. The molecule has 2 aliphatic rings. The number of ether oxygens (including phenoxy) is 1. The first-order valence-electron chi connectivity index (χ1n) is 11.3. The maximum Gasteiger partial charge on any atom is 0.409 e. The van der Waals surface area contributed by atoms with Gasteiger partial charge in [-0.1, -0.05) is 48.5 Å². The molecular formula is C25H25F3N2O5. The maximum atomic E-state index is 13.1. The summed E-state index contributed by atoms with van der Waals surface area (Å²) < 4.78 is 44.7. The van der Waals surface area contributed by atoms with E-state index in [4.69, 9.17) is 9.84 Å². The highest BCUT2D eigenvalue weighted by atomic mass is 19.4. The minimum atomic E-state index is -4.90. The van der Waals surface area contributed by atoms with Gasteiger partial charge in [0.2, 0.25) is 5.91 Å². The quantitative estimate of drug-likeness (QED) is 0.510. The van der Waals surface area contributed by atoms with Gasteiger partial charge in [-0.25, -0.2) is 4.79 Å². The molecular weight excluding hydrogens is 465 g/mol. The van der Waals surface area contributed by atoms with E-state index < -0.39 is 48.6 Å². The second-order valence-corrected chi connectivity index (χ2v) is 9.02. The van der Waals surface area contributed by atoms with Gasteiger partial charge in [-0.15, -0.1) is 0 Å². The molecule has 0 radical (unpaired) electrons. The number of benzene rings is 2. The number of carbonyl (C=O) groups excluding carboxylic acids is 2. The Bertz CT molecular complexity index is 1080. The smallest absolute Gasteiger partial charge is 0.409 e. The summed E-state index contributed by atoms with van der Waals surface area (Å²) in [5.41, 5.74) is 3.20. The van der Waals surface area contributed by atoms with Crippen LogP contribution in [-0.4, -0.2) is 47.4 Å². The maximum absolute atomic E-state index is 13.1. The predicted molar refractivity (Wildman–Crippen MR) is 120 cm³/mol. The lowest BCUT2D eigenvalue weighted by molar-refractivity contribution is -0.170. The van der Waals surface area contributed by atoms with Crippen LogP contribution >= 0.6 is 0 Å². The standard InChI is InChI=1S/C25H25F3N2O5/c26-25(27,28)20(12-22(32)33)29-21(31)13-24(10-5-11-24)30-23(34)35-14-19-17-8-3-1-6-15(17)16-7-2-4-9-18(16)19/h1-4,6-9,19-20H,5,10-14H2,(H,29,31)(H,30,34)(H,32,33). The van der Waals surface area contributed by atoms with Gasteiger partial charge < -0.3 is 20.5 Å². The van der Waals surface area contributed by atoms with Crippen LogP contribution in [0, 0.1) is 0 Å². The number of carboxylic acids is 1. The van der Waals surface area contributed by atoms with Gasteiger partial charge in [-0.05, 0) is 41.5 Å². The summed E-state index contributed by atoms with van der Waals surface area (Å²) >= 11 is 0. The molecule has 2 aliphatic carbocycles. The van der Waals surface area contributed by atoms with Gasteiger partial charge in [0.1, 0.15) is 12.6 Å². The Hall–Kier alpha value is -3.56. The molecule has 2 amide bonds. The van der Waals surface area contributed by atoms with Crippen molar-refractivity contribution in [3.05, 3.63) is 59.7 Å². The molecule has 1 fully saturated rings. The zero-order valence-corrected chi connectivity index (χ0v) is 18.7. The molecule has 10 heteroatoms. The Labute approximate surface area is 199 Å². The van der Waals surface area contributed by atoms with Gasteiger partial charge in [0.15, 0.2) is 0 Å². The van der Waals surface area contributed by atoms with Crippen molar-refractivity contribution >= 4 is 18.0 Å². The molecule has 186 valence electrons. The van der Waals surface area contributed by atoms with Gasteiger partial charge >= 0.3 is 18.2 Å². The van der Waals surface area contributed by atoms with Crippen LogP contribution in [0.4, 0.5) is 18.0 Å². The van der Waals surface area contributed by atoms with Gasteiger partial charge in [-0.2, -0.15) is 13.2 Å². The molecule has 0 heterocycles. The summed E-state index contributed by atoms with van der Waals surface area (Å²) in [4.78, 5) is 35.7. The first-order chi connectivity index (χ1) is 16.6. The molecule has 1 saturated carbocycles. The van der Waals surface area contributed by atoms with Crippen molar-refractivity contribution in [3.63, 3.8) is 0 Å². The van der Waals surface area contributed by atoms with E-state index in [1.165, 1.54) is 0 Å². The highest BCUT2D eigenvalue weighted by Crippen LogP contribution is 2.44. The van der Waals surface area contributed by atoms with Crippen LogP contribution in [0.5, 0.6) is 0 Å². The molecule has 2 aromatic carbocycles. The van der Waals surface area contributed by atoms with E-state index in [1.807, 2.05) is 48.5 Å². The molecule has 0 saturated heterocycles. The van der Waals surface area contributed by atoms with Crippen molar-refractivity contribution in [2.45, 2.75) is 55.8 Å². The zero-order valence-electron chi connectivity index (χ0n) is 18.7. The number of amides is 2. The molecule has 0 bridgehead atoms. The molecule has 2 aromatic rings. The Morgan fingerprint density at radius 1 is 1.03 bits per heavy atom. The summed E-state index contributed by atoms with van der Waals surface area (Å²) in [5.74, 6) is -2.81. The average molecular weight is 490 g/mol. The van der Waals surface area contributed by atoms with E-state index in [9.17, 15) is 27.6 Å². The number of aliphatic carboxylic acids is 1. The summed E-state index contributed by atoms with van der Waals surface area (Å²) in [6, 6.07) is 13.2. The van der Waals surface area contributed by atoms with Crippen LogP contribution in [0.1, 0.15) is 49.1 Å². The normalized spacial score (nSPS) is 16.9. The fourth-order valence-electron chi connectivity index (χ4n) is 4.78. The average Bonchev–Trinajstić information content (AvgIpc) is 3.08. The third kappa shape index (κ3) is 5.41. The van der Waals surface area contributed by atoms with Crippen molar-refractivity contribution in [2.75, 3.05) is 6.61 Å². The number of fused-ring (bicyclic) bond motifs is 3. The minimum absolute atomic E-state index is 0.0664. The SMILES string of the molecule is O=C(O)CC(NC(=O)CC1(NC(=O)OCC2c3ccccc3-c3ccccc32)CCC1)C(F)(F)F. The lowest BCUT2D eigenvalue weighted by Crippen LogP contribution is -2.57. The van der Waals surface area contributed by atoms with Crippen molar-refractivity contribution in [1.29, 1.82) is 0 Å². The van der Waals surface area contributed by atoms with Crippen molar-refractivity contribution in [2.24, 2.45) is 0 Å². The summed E-state index contributed by atoms with van der Waals surface area (Å²) in [7, 11) is 0. The fraction of sp³-hybridized carbons (Fsp3) is 0.400. The topological polar surface area (TPSA) is 105 Å². The lowest BCUT2D eigenvalue weighted by atomic mass is 9.74. The lowest BCUT2D eigenvalue weighted by Gasteiger charge is -2.42. The van der Waals surface area contributed by atoms with Crippen LogP contribution in [0.15, 0.2) is 48.5 Å². The van der Waals surface area contributed by atoms with E-state index in [-0.39, 0.29) is 12.5 Å². The second kappa shape index (κ2) is 9.59. The fourth-order valence-corrected chi connectivity index (χ4v) is 4.78. The number of halogens is 3. The molecule has 0 aromatic heterocycles. The Morgan fingerprint density at radius 2 is 1.60 bits per heavy atom. The number of hydrogen-bond acceptors (Lipinski definition) is 4. The summed E-state index contributed by atoms with van der Waals surface area (Å²) in [6.45, 7) is 0.0664.